The molecule has 3 aromatic rings. The van der Waals surface area contributed by atoms with E-state index < -0.39 is 0 Å². The Hall–Kier alpha value is -3.36. The molecule has 1 atom stereocenters. The van der Waals surface area contributed by atoms with Crippen LogP contribution in [-0.4, -0.2) is 55.5 Å². The average Bonchev–Trinajstić information content (AvgIpc) is 3.30. The van der Waals surface area contributed by atoms with Crippen LogP contribution in [0.15, 0.2) is 49.3 Å². The Bertz CT molecular complexity index is 882. The number of piperidine rings is 1. The van der Waals surface area contributed by atoms with E-state index in [1.54, 1.807) is 23.4 Å². The lowest BCUT2D eigenvalue weighted by Crippen LogP contribution is -2.43. The highest BCUT2D eigenvalue weighted by molar-refractivity contribution is 5.79. The van der Waals surface area contributed by atoms with Gasteiger partial charge in [0.1, 0.15) is 12.7 Å². The molecule has 9 heteroatoms. The van der Waals surface area contributed by atoms with Crippen molar-refractivity contribution in [3.05, 3.63) is 54.9 Å². The first kappa shape index (κ1) is 18.0. The van der Waals surface area contributed by atoms with Gasteiger partial charge in [-0.3, -0.25) is 9.78 Å². The first-order chi connectivity index (χ1) is 13.8. The highest BCUT2D eigenvalue weighted by Gasteiger charge is 2.26. The van der Waals surface area contributed by atoms with E-state index in [-0.39, 0.29) is 11.8 Å². The minimum atomic E-state index is -0.0389. The van der Waals surface area contributed by atoms with Crippen LogP contribution in [0, 0.1) is 5.92 Å². The molecule has 3 aromatic heterocycles. The third-order valence-corrected chi connectivity index (χ3v) is 4.87. The van der Waals surface area contributed by atoms with Gasteiger partial charge in [-0.2, -0.15) is 5.10 Å². The van der Waals surface area contributed by atoms with Crippen LogP contribution in [0.5, 0.6) is 0 Å². The molecule has 4 heterocycles. The highest BCUT2D eigenvalue weighted by atomic mass is 16.1. The number of carbonyl (C=O) groups excluding carboxylic acids is 1. The lowest BCUT2D eigenvalue weighted by Gasteiger charge is -2.32. The van der Waals surface area contributed by atoms with Crippen LogP contribution in [0.4, 0.5) is 5.82 Å². The van der Waals surface area contributed by atoms with Crippen molar-refractivity contribution in [3.8, 4) is 5.82 Å². The highest BCUT2D eigenvalue weighted by Crippen LogP contribution is 2.21. The molecule has 0 aromatic carbocycles. The van der Waals surface area contributed by atoms with Crippen molar-refractivity contribution in [1.29, 1.82) is 0 Å². The Morgan fingerprint density at radius 2 is 1.93 bits per heavy atom. The molecule has 1 saturated heterocycles. The fourth-order valence-electron chi connectivity index (χ4n) is 3.36. The summed E-state index contributed by atoms with van der Waals surface area (Å²) in [6, 6.07) is 7.70. The maximum absolute atomic E-state index is 12.6. The van der Waals surface area contributed by atoms with Crippen molar-refractivity contribution in [3.63, 3.8) is 0 Å². The van der Waals surface area contributed by atoms with Gasteiger partial charge in [0, 0.05) is 32.0 Å². The molecule has 1 fully saturated rings. The Labute approximate surface area is 162 Å². The van der Waals surface area contributed by atoms with E-state index in [9.17, 15) is 4.79 Å². The smallest absolute Gasteiger partial charge is 0.224 e. The Morgan fingerprint density at radius 1 is 1.11 bits per heavy atom. The van der Waals surface area contributed by atoms with Gasteiger partial charge in [-0.1, -0.05) is 0 Å². The fraction of sp³-hybridized carbons (Fsp3) is 0.368. The van der Waals surface area contributed by atoms with Crippen LogP contribution in [-0.2, 0) is 11.2 Å². The van der Waals surface area contributed by atoms with Crippen molar-refractivity contribution >= 4 is 11.7 Å². The number of amides is 1. The van der Waals surface area contributed by atoms with Crippen LogP contribution in [0.2, 0.25) is 0 Å². The molecule has 144 valence electrons. The van der Waals surface area contributed by atoms with E-state index in [2.05, 4.69) is 35.5 Å². The molecule has 1 amide bonds. The molecule has 0 aliphatic carbocycles. The second kappa shape index (κ2) is 8.55. The van der Waals surface area contributed by atoms with E-state index >= 15 is 0 Å². The number of nitrogens with zero attached hydrogens (tertiary/aromatic N) is 7. The molecular formula is C19H22N8O. The van der Waals surface area contributed by atoms with Gasteiger partial charge in [0.05, 0.1) is 5.92 Å². The van der Waals surface area contributed by atoms with Crippen LogP contribution < -0.4 is 10.2 Å². The average molecular weight is 378 g/mol. The molecule has 4 rings (SSSR count). The summed E-state index contributed by atoms with van der Waals surface area (Å²) in [6.45, 7) is 2.16. The van der Waals surface area contributed by atoms with Crippen LogP contribution in [0.3, 0.4) is 0 Å². The van der Waals surface area contributed by atoms with Crippen molar-refractivity contribution < 1.29 is 4.79 Å². The molecule has 1 aliphatic rings. The van der Waals surface area contributed by atoms with Crippen LogP contribution >= 0.6 is 0 Å². The fourth-order valence-corrected chi connectivity index (χ4v) is 3.36. The minimum absolute atomic E-state index is 0.0389. The zero-order valence-electron chi connectivity index (χ0n) is 15.5. The summed E-state index contributed by atoms with van der Waals surface area (Å²) < 4.78 is 1.56. The predicted octanol–water partition coefficient (Wildman–Crippen LogP) is 1.03. The third-order valence-electron chi connectivity index (χ3n) is 4.87. The topological polar surface area (TPSA) is 102 Å². The first-order valence-electron chi connectivity index (χ1n) is 9.40. The van der Waals surface area contributed by atoms with Gasteiger partial charge in [-0.05, 0) is 49.1 Å². The molecule has 0 spiro atoms. The maximum atomic E-state index is 12.6. The second-order valence-electron chi connectivity index (χ2n) is 6.77. The summed E-state index contributed by atoms with van der Waals surface area (Å²) in [7, 11) is 0. The minimum Gasteiger partial charge on any atom is -0.355 e. The largest absolute Gasteiger partial charge is 0.355 e. The van der Waals surface area contributed by atoms with E-state index in [0.717, 1.165) is 31.6 Å². The molecule has 0 bridgehead atoms. The summed E-state index contributed by atoms with van der Waals surface area (Å²) in [4.78, 5) is 22.6. The number of pyridine rings is 1. The second-order valence-corrected chi connectivity index (χ2v) is 6.77. The molecule has 9 nitrogen and oxygen atoms in total. The van der Waals surface area contributed by atoms with Gasteiger partial charge in [0.15, 0.2) is 11.6 Å². The summed E-state index contributed by atoms with van der Waals surface area (Å²) in [5.41, 5.74) is 1.17. The van der Waals surface area contributed by atoms with Crippen molar-refractivity contribution in [2.75, 3.05) is 24.5 Å². The standard InChI is InChI=1S/C19H22N8O/c28-19(22-10-7-15-5-8-20-9-6-15)16-2-1-11-26(12-16)17-3-4-18(25-24-17)27-14-21-13-23-27/h3-6,8-9,13-14,16H,1-2,7,10-12H2,(H,22,28). The number of carbonyl (C=O) groups is 1. The monoisotopic (exact) mass is 378 g/mol. The van der Waals surface area contributed by atoms with Gasteiger partial charge in [0.25, 0.3) is 0 Å². The third kappa shape index (κ3) is 4.30. The molecular weight excluding hydrogens is 356 g/mol. The van der Waals surface area contributed by atoms with Crippen LogP contribution in [0.1, 0.15) is 18.4 Å². The van der Waals surface area contributed by atoms with E-state index in [1.165, 1.54) is 11.9 Å². The van der Waals surface area contributed by atoms with E-state index in [4.69, 9.17) is 0 Å². The lowest BCUT2D eigenvalue weighted by molar-refractivity contribution is -0.125. The normalized spacial score (nSPS) is 16.7. The molecule has 0 saturated carbocycles. The SMILES string of the molecule is O=C(NCCc1ccncc1)C1CCCN(c2ccc(-n3cncn3)nn2)C1. The number of rotatable bonds is 6. The number of nitrogens with one attached hydrogen (secondary N) is 1. The summed E-state index contributed by atoms with van der Waals surface area (Å²) in [6.07, 6.45) is 9.22. The number of aromatic nitrogens is 6. The maximum Gasteiger partial charge on any atom is 0.224 e. The van der Waals surface area contributed by atoms with Crippen molar-refractivity contribution in [1.82, 2.24) is 35.3 Å². The van der Waals surface area contributed by atoms with Gasteiger partial charge >= 0.3 is 0 Å². The Balaban J connectivity index is 1.31. The van der Waals surface area contributed by atoms with Gasteiger partial charge < -0.3 is 10.2 Å². The zero-order chi connectivity index (χ0) is 19.2. The zero-order valence-corrected chi connectivity index (χ0v) is 15.5. The quantitative estimate of drug-likeness (QED) is 0.683. The predicted molar refractivity (Wildman–Crippen MR) is 103 cm³/mol. The Kier molecular flexibility index (Phi) is 5.51. The molecule has 1 N–H and O–H groups in total. The van der Waals surface area contributed by atoms with Gasteiger partial charge in [0.2, 0.25) is 5.91 Å². The summed E-state index contributed by atoms with van der Waals surface area (Å²) in [5.74, 6) is 1.45. The number of hydrogen-bond acceptors (Lipinski definition) is 7. The van der Waals surface area contributed by atoms with Crippen molar-refractivity contribution in [2.24, 2.45) is 5.92 Å². The molecule has 0 radical (unpaired) electrons. The van der Waals surface area contributed by atoms with Gasteiger partial charge in [-0.15, -0.1) is 10.2 Å². The first-order valence-corrected chi connectivity index (χ1v) is 9.40. The summed E-state index contributed by atoms with van der Waals surface area (Å²) >= 11 is 0. The Morgan fingerprint density at radius 3 is 2.68 bits per heavy atom. The summed E-state index contributed by atoms with van der Waals surface area (Å²) in [5, 5.41) is 15.6. The number of hydrogen-bond donors (Lipinski definition) is 1. The van der Waals surface area contributed by atoms with E-state index in [0.29, 0.717) is 18.9 Å². The lowest BCUT2D eigenvalue weighted by atomic mass is 9.97. The van der Waals surface area contributed by atoms with Crippen LogP contribution in [0.25, 0.3) is 5.82 Å². The number of anilines is 1. The molecule has 1 unspecified atom stereocenters. The van der Waals surface area contributed by atoms with Crippen molar-refractivity contribution in [2.45, 2.75) is 19.3 Å². The van der Waals surface area contributed by atoms with Gasteiger partial charge in [-0.25, -0.2) is 9.67 Å². The molecule has 28 heavy (non-hydrogen) atoms. The van der Waals surface area contributed by atoms with E-state index in [1.807, 2.05) is 24.3 Å². The molecule has 1 aliphatic heterocycles.